The highest BCUT2D eigenvalue weighted by molar-refractivity contribution is 7.71. The van der Waals surface area contributed by atoms with E-state index in [4.69, 9.17) is 12.2 Å². The lowest BCUT2D eigenvalue weighted by molar-refractivity contribution is -0.137. The van der Waals surface area contributed by atoms with Gasteiger partial charge in [-0.2, -0.15) is 18.3 Å². The standard InChI is InChI=1S/C18H16F3N5OS/c19-18(20,21)12-3-1-10(2-4-12)15-11(7-22-25-15)8-26-6-5-14-13(9-26)16(27)24-17(28)23-14/h1-4,7H,5-6,8-9H2,(H,22,25)(H2,23,24,27,28). The molecule has 3 aromatic rings. The maximum atomic E-state index is 12.8. The summed E-state index contributed by atoms with van der Waals surface area (Å²) < 4.78 is 38.6. The van der Waals surface area contributed by atoms with Gasteiger partial charge in [0.15, 0.2) is 4.77 Å². The number of aromatic nitrogens is 4. The number of nitrogens with one attached hydrogen (secondary N) is 3. The Balaban J connectivity index is 1.56. The van der Waals surface area contributed by atoms with Crippen molar-refractivity contribution < 1.29 is 13.2 Å². The normalized spacial score (nSPS) is 14.8. The topological polar surface area (TPSA) is 80.6 Å². The molecule has 10 heteroatoms. The molecule has 0 bridgehead atoms. The summed E-state index contributed by atoms with van der Waals surface area (Å²) in [6.45, 7) is 1.69. The molecule has 0 saturated heterocycles. The molecule has 0 spiro atoms. The number of H-pyrrole nitrogens is 3. The Morgan fingerprint density at radius 3 is 2.64 bits per heavy atom. The van der Waals surface area contributed by atoms with Crippen LogP contribution in [0.2, 0.25) is 0 Å². The molecule has 0 radical (unpaired) electrons. The Bertz CT molecular complexity index is 1110. The van der Waals surface area contributed by atoms with Crippen molar-refractivity contribution >= 4 is 12.2 Å². The van der Waals surface area contributed by atoms with Gasteiger partial charge < -0.3 is 4.98 Å². The number of hydrogen-bond acceptors (Lipinski definition) is 4. The molecule has 4 rings (SSSR count). The third-order valence-electron chi connectivity index (χ3n) is 4.80. The number of alkyl halides is 3. The second-order valence-corrected chi connectivity index (χ2v) is 7.08. The molecule has 2 aromatic heterocycles. The lowest BCUT2D eigenvalue weighted by Gasteiger charge is -2.27. The molecule has 0 fully saturated rings. The molecule has 0 amide bonds. The Labute approximate surface area is 162 Å². The average molecular weight is 407 g/mol. The molecule has 1 aromatic carbocycles. The minimum Gasteiger partial charge on any atom is -0.335 e. The van der Waals surface area contributed by atoms with Crippen LogP contribution in [0.5, 0.6) is 0 Å². The second kappa shape index (κ2) is 7.02. The van der Waals surface area contributed by atoms with Gasteiger partial charge in [-0.1, -0.05) is 12.1 Å². The number of nitrogens with zero attached hydrogens (tertiary/aromatic N) is 2. The van der Waals surface area contributed by atoms with Crippen molar-refractivity contribution in [2.45, 2.75) is 25.7 Å². The van der Waals surface area contributed by atoms with E-state index in [0.29, 0.717) is 41.1 Å². The molecular weight excluding hydrogens is 391 g/mol. The van der Waals surface area contributed by atoms with Crippen LogP contribution in [0.1, 0.15) is 22.4 Å². The van der Waals surface area contributed by atoms with Gasteiger partial charge in [-0.25, -0.2) is 0 Å². The summed E-state index contributed by atoms with van der Waals surface area (Å²) >= 11 is 5.00. The van der Waals surface area contributed by atoms with Crippen molar-refractivity contribution in [2.24, 2.45) is 0 Å². The number of aromatic amines is 3. The van der Waals surface area contributed by atoms with Gasteiger partial charge in [-0.3, -0.25) is 19.8 Å². The van der Waals surface area contributed by atoms with Crippen LogP contribution in [0, 0.1) is 4.77 Å². The van der Waals surface area contributed by atoms with Gasteiger partial charge in [0.1, 0.15) is 0 Å². The number of rotatable bonds is 3. The van der Waals surface area contributed by atoms with E-state index >= 15 is 0 Å². The number of fused-ring (bicyclic) bond motifs is 1. The minimum atomic E-state index is -4.37. The van der Waals surface area contributed by atoms with E-state index in [-0.39, 0.29) is 5.56 Å². The fourth-order valence-corrected chi connectivity index (χ4v) is 3.61. The van der Waals surface area contributed by atoms with E-state index in [1.807, 2.05) is 0 Å². The number of hydrogen-bond donors (Lipinski definition) is 3. The van der Waals surface area contributed by atoms with Crippen molar-refractivity contribution in [3.8, 4) is 11.3 Å². The van der Waals surface area contributed by atoms with Gasteiger partial charge in [0.25, 0.3) is 5.56 Å². The molecule has 0 aliphatic carbocycles. The Kier molecular flexibility index (Phi) is 4.68. The van der Waals surface area contributed by atoms with E-state index in [2.05, 4.69) is 25.1 Å². The molecule has 6 nitrogen and oxygen atoms in total. The third-order valence-corrected chi connectivity index (χ3v) is 5.01. The predicted molar refractivity (Wildman–Crippen MR) is 99.1 cm³/mol. The molecule has 3 N–H and O–H groups in total. The lowest BCUT2D eigenvalue weighted by atomic mass is 10.0. The zero-order valence-corrected chi connectivity index (χ0v) is 15.4. The molecule has 0 unspecified atom stereocenters. The molecule has 0 saturated carbocycles. The zero-order valence-electron chi connectivity index (χ0n) is 14.6. The van der Waals surface area contributed by atoms with Crippen LogP contribution in [0.25, 0.3) is 11.3 Å². The average Bonchev–Trinajstić information content (AvgIpc) is 3.09. The predicted octanol–water partition coefficient (Wildman–Crippen LogP) is 3.40. The van der Waals surface area contributed by atoms with E-state index in [1.165, 1.54) is 12.1 Å². The second-order valence-electron chi connectivity index (χ2n) is 6.67. The van der Waals surface area contributed by atoms with Crippen LogP contribution in [-0.4, -0.2) is 31.6 Å². The first-order chi connectivity index (χ1) is 13.3. The summed E-state index contributed by atoms with van der Waals surface area (Å²) in [6, 6.07) is 4.96. The largest absolute Gasteiger partial charge is 0.416 e. The van der Waals surface area contributed by atoms with Crippen molar-refractivity contribution in [1.29, 1.82) is 0 Å². The third kappa shape index (κ3) is 3.65. The van der Waals surface area contributed by atoms with Crippen LogP contribution in [-0.2, 0) is 25.7 Å². The fraction of sp³-hybridized carbons (Fsp3) is 0.278. The number of benzene rings is 1. The highest BCUT2D eigenvalue weighted by Gasteiger charge is 2.30. The van der Waals surface area contributed by atoms with E-state index in [0.717, 1.165) is 29.9 Å². The molecule has 1 aliphatic rings. The van der Waals surface area contributed by atoms with Crippen LogP contribution >= 0.6 is 12.2 Å². The Morgan fingerprint density at radius 2 is 1.93 bits per heavy atom. The van der Waals surface area contributed by atoms with Crippen LogP contribution in [0.3, 0.4) is 0 Å². The SMILES string of the molecule is O=c1[nH]c(=S)[nH]c2c1CN(Cc1cn[nH]c1-c1ccc(C(F)(F)F)cc1)CC2. The Morgan fingerprint density at radius 1 is 1.18 bits per heavy atom. The monoisotopic (exact) mass is 407 g/mol. The maximum absolute atomic E-state index is 12.8. The summed E-state index contributed by atoms with van der Waals surface area (Å²) in [5.74, 6) is 0. The molecule has 1 aliphatic heterocycles. The first kappa shape index (κ1) is 18.6. The molecule has 3 heterocycles. The van der Waals surface area contributed by atoms with E-state index in [9.17, 15) is 18.0 Å². The molecule has 28 heavy (non-hydrogen) atoms. The van der Waals surface area contributed by atoms with Crippen molar-refractivity contribution in [1.82, 2.24) is 25.1 Å². The summed E-state index contributed by atoms with van der Waals surface area (Å²) in [5, 5.41) is 6.91. The first-order valence-electron chi connectivity index (χ1n) is 8.58. The fourth-order valence-electron chi connectivity index (χ4n) is 3.40. The van der Waals surface area contributed by atoms with Crippen LogP contribution in [0.15, 0.2) is 35.3 Å². The van der Waals surface area contributed by atoms with Crippen molar-refractivity contribution in [3.63, 3.8) is 0 Å². The minimum absolute atomic E-state index is 0.196. The summed E-state index contributed by atoms with van der Waals surface area (Å²) in [6.07, 6.45) is -2.05. The van der Waals surface area contributed by atoms with Gasteiger partial charge >= 0.3 is 6.18 Å². The molecule has 146 valence electrons. The molecule has 0 atom stereocenters. The lowest BCUT2D eigenvalue weighted by Crippen LogP contribution is -2.35. The molecular formula is C18H16F3N5OS. The van der Waals surface area contributed by atoms with Crippen LogP contribution < -0.4 is 5.56 Å². The van der Waals surface area contributed by atoms with Crippen LogP contribution in [0.4, 0.5) is 13.2 Å². The summed E-state index contributed by atoms with van der Waals surface area (Å²) in [5.41, 5.74) is 2.75. The smallest absolute Gasteiger partial charge is 0.335 e. The quantitative estimate of drug-likeness (QED) is 0.582. The maximum Gasteiger partial charge on any atom is 0.416 e. The Hall–Kier alpha value is -2.72. The van der Waals surface area contributed by atoms with E-state index in [1.54, 1.807) is 6.20 Å². The zero-order chi connectivity index (χ0) is 19.9. The van der Waals surface area contributed by atoms with Gasteiger partial charge in [0.05, 0.1) is 23.0 Å². The summed E-state index contributed by atoms with van der Waals surface area (Å²) in [4.78, 5) is 19.9. The number of halogens is 3. The van der Waals surface area contributed by atoms with Gasteiger partial charge in [-0.05, 0) is 29.9 Å². The summed E-state index contributed by atoms with van der Waals surface area (Å²) in [7, 11) is 0. The van der Waals surface area contributed by atoms with Crippen molar-refractivity contribution in [2.75, 3.05) is 6.54 Å². The highest BCUT2D eigenvalue weighted by Crippen LogP contribution is 2.31. The van der Waals surface area contributed by atoms with Crippen molar-refractivity contribution in [3.05, 3.63) is 68.0 Å². The van der Waals surface area contributed by atoms with Gasteiger partial charge in [-0.15, -0.1) is 0 Å². The van der Waals surface area contributed by atoms with Gasteiger partial charge in [0.2, 0.25) is 0 Å². The van der Waals surface area contributed by atoms with E-state index < -0.39 is 11.7 Å². The highest BCUT2D eigenvalue weighted by atomic mass is 32.1. The van der Waals surface area contributed by atoms with Gasteiger partial charge in [0, 0.05) is 37.3 Å². The first-order valence-corrected chi connectivity index (χ1v) is 8.98.